The Hall–Kier alpha value is -2.39. The Bertz CT molecular complexity index is 714. The third-order valence-corrected chi connectivity index (χ3v) is 5.06. The molecule has 23 heavy (non-hydrogen) atoms. The van der Waals surface area contributed by atoms with Gasteiger partial charge in [0.25, 0.3) is 5.91 Å². The first-order chi connectivity index (χ1) is 11.1. The van der Waals surface area contributed by atoms with Crippen LogP contribution in [-0.4, -0.2) is 10.9 Å². The van der Waals surface area contributed by atoms with Gasteiger partial charge < -0.3 is 16.4 Å². The summed E-state index contributed by atoms with van der Waals surface area (Å²) in [6.07, 6.45) is 3.45. The van der Waals surface area contributed by atoms with E-state index < -0.39 is 11.3 Å². The molecule has 5 nitrogen and oxygen atoms in total. The van der Waals surface area contributed by atoms with Crippen molar-refractivity contribution in [3.05, 3.63) is 41.7 Å². The highest BCUT2D eigenvalue weighted by molar-refractivity contribution is 7.80. The number of hydrogen-bond acceptors (Lipinski definition) is 4. The second-order valence-corrected chi connectivity index (χ2v) is 6.46. The van der Waals surface area contributed by atoms with Gasteiger partial charge in [-0.2, -0.15) is 5.26 Å². The van der Waals surface area contributed by atoms with E-state index in [2.05, 4.69) is 16.7 Å². The van der Waals surface area contributed by atoms with Crippen molar-refractivity contribution in [1.82, 2.24) is 5.32 Å². The lowest BCUT2D eigenvalue weighted by molar-refractivity contribution is -0.114. The van der Waals surface area contributed by atoms with Gasteiger partial charge in [0.05, 0.1) is 16.6 Å². The minimum absolute atomic E-state index is 0.258. The molecule has 1 aromatic rings. The van der Waals surface area contributed by atoms with Crippen LogP contribution in [0, 0.1) is 22.7 Å². The molecular weight excluding hydrogens is 308 g/mol. The van der Waals surface area contributed by atoms with Crippen molar-refractivity contribution in [1.29, 1.82) is 5.26 Å². The van der Waals surface area contributed by atoms with Gasteiger partial charge in [-0.1, -0.05) is 43.3 Å². The van der Waals surface area contributed by atoms with Crippen LogP contribution in [0.25, 0.3) is 0 Å². The molecule has 0 radical (unpaired) electrons. The minimum Gasteiger partial charge on any atom is -0.385 e. The maximum atomic E-state index is 12.9. The van der Waals surface area contributed by atoms with E-state index in [1.165, 1.54) is 0 Å². The van der Waals surface area contributed by atoms with Crippen LogP contribution in [0.1, 0.15) is 25.7 Å². The lowest BCUT2D eigenvalue weighted by atomic mass is 9.66. The monoisotopic (exact) mass is 326 g/mol. The molecule has 1 saturated carbocycles. The summed E-state index contributed by atoms with van der Waals surface area (Å²) in [4.78, 5) is 13.3. The lowest BCUT2D eigenvalue weighted by Gasteiger charge is -2.40. The Morgan fingerprint density at radius 1 is 1.35 bits per heavy atom. The van der Waals surface area contributed by atoms with Crippen molar-refractivity contribution in [2.75, 3.05) is 5.32 Å². The van der Waals surface area contributed by atoms with Crippen LogP contribution in [-0.2, 0) is 4.79 Å². The molecule has 4 N–H and O–H groups in total. The number of amides is 1. The molecular formula is C17H18N4OS. The van der Waals surface area contributed by atoms with E-state index in [4.69, 9.17) is 18.0 Å². The number of carbonyl (C=O) groups excluding carboxylic acids is 1. The summed E-state index contributed by atoms with van der Waals surface area (Å²) < 4.78 is 0. The third kappa shape index (κ3) is 2.57. The van der Waals surface area contributed by atoms with Gasteiger partial charge in [0, 0.05) is 11.1 Å². The van der Waals surface area contributed by atoms with Crippen LogP contribution in [0.15, 0.2) is 41.7 Å². The van der Waals surface area contributed by atoms with E-state index >= 15 is 0 Å². The molecule has 0 bridgehead atoms. The number of anilines is 1. The van der Waals surface area contributed by atoms with Crippen LogP contribution in [0.4, 0.5) is 5.69 Å². The van der Waals surface area contributed by atoms with Gasteiger partial charge >= 0.3 is 0 Å². The second kappa shape index (κ2) is 6.01. The summed E-state index contributed by atoms with van der Waals surface area (Å²) in [6, 6.07) is 11.5. The predicted molar refractivity (Wildman–Crippen MR) is 92.0 cm³/mol. The number of thiocarbonyl (C=S) groups is 1. The first-order valence-electron chi connectivity index (χ1n) is 7.65. The summed E-state index contributed by atoms with van der Waals surface area (Å²) in [5.74, 6) is -0.494. The maximum Gasteiger partial charge on any atom is 0.255 e. The smallest absolute Gasteiger partial charge is 0.255 e. The number of nitrogens with zero attached hydrogens (tertiary/aromatic N) is 1. The number of benzene rings is 1. The highest BCUT2D eigenvalue weighted by Gasteiger charge is 2.52. The first-order valence-corrected chi connectivity index (χ1v) is 8.06. The topological polar surface area (TPSA) is 90.9 Å². The summed E-state index contributed by atoms with van der Waals surface area (Å²) in [5.41, 5.74) is 6.71. The fourth-order valence-electron chi connectivity index (χ4n) is 3.72. The van der Waals surface area contributed by atoms with Crippen LogP contribution in [0.2, 0.25) is 0 Å². The number of rotatable bonds is 2. The highest BCUT2D eigenvalue weighted by atomic mass is 32.1. The van der Waals surface area contributed by atoms with Gasteiger partial charge in [-0.3, -0.25) is 4.79 Å². The van der Waals surface area contributed by atoms with E-state index in [-0.39, 0.29) is 11.7 Å². The number of hydrogen-bond donors (Lipinski definition) is 3. The molecule has 1 spiro atoms. The van der Waals surface area contributed by atoms with Gasteiger partial charge in [0.15, 0.2) is 0 Å². The summed E-state index contributed by atoms with van der Waals surface area (Å²) in [6.45, 7) is 0. The molecule has 2 aliphatic rings. The second-order valence-electron chi connectivity index (χ2n) is 6.02. The average Bonchev–Trinajstić information content (AvgIpc) is 2.97. The fourth-order valence-corrected chi connectivity index (χ4v) is 4.11. The zero-order valence-electron chi connectivity index (χ0n) is 12.6. The summed E-state index contributed by atoms with van der Waals surface area (Å²) in [5, 5.41) is 15.3. The van der Waals surface area contributed by atoms with Crippen LogP contribution >= 0.6 is 12.2 Å². The van der Waals surface area contributed by atoms with Crippen molar-refractivity contribution in [2.45, 2.75) is 25.7 Å². The van der Waals surface area contributed by atoms with Crippen LogP contribution in [0.5, 0.6) is 0 Å². The lowest BCUT2D eigenvalue weighted by Crippen LogP contribution is -2.50. The molecule has 1 fully saturated rings. The largest absolute Gasteiger partial charge is 0.385 e. The maximum absolute atomic E-state index is 12.9. The average molecular weight is 326 g/mol. The normalized spacial score (nSPS) is 22.6. The number of nitrogens with two attached hydrogens (primary N) is 1. The Morgan fingerprint density at radius 3 is 2.61 bits per heavy atom. The van der Waals surface area contributed by atoms with E-state index in [1.807, 2.05) is 30.3 Å². The van der Waals surface area contributed by atoms with Gasteiger partial charge in [-0.15, -0.1) is 0 Å². The van der Waals surface area contributed by atoms with Gasteiger partial charge in [-0.05, 0) is 25.0 Å². The number of nitrogens with one attached hydrogen (secondary N) is 2. The molecule has 3 rings (SSSR count). The van der Waals surface area contributed by atoms with Crippen LogP contribution in [0.3, 0.4) is 0 Å². The summed E-state index contributed by atoms with van der Waals surface area (Å²) in [7, 11) is 0. The number of nitriles is 1. The van der Waals surface area contributed by atoms with Gasteiger partial charge in [0.2, 0.25) is 0 Å². The molecule has 118 valence electrons. The summed E-state index contributed by atoms with van der Waals surface area (Å²) >= 11 is 5.30. The molecule has 0 unspecified atom stereocenters. The van der Waals surface area contributed by atoms with Crippen molar-refractivity contribution in [3.8, 4) is 6.07 Å². The van der Waals surface area contributed by atoms with Crippen molar-refractivity contribution >= 4 is 28.8 Å². The molecule has 1 aliphatic heterocycles. The zero-order valence-corrected chi connectivity index (χ0v) is 13.5. The van der Waals surface area contributed by atoms with E-state index in [9.17, 15) is 10.1 Å². The van der Waals surface area contributed by atoms with E-state index in [0.29, 0.717) is 16.2 Å². The minimum atomic E-state index is -0.569. The Balaban J connectivity index is 2.00. The van der Waals surface area contributed by atoms with Crippen LogP contribution < -0.4 is 16.4 Å². The molecule has 6 heteroatoms. The molecule has 1 heterocycles. The predicted octanol–water partition coefficient (Wildman–Crippen LogP) is 2.43. The molecule has 0 saturated heterocycles. The van der Waals surface area contributed by atoms with E-state index in [1.54, 1.807) is 0 Å². The fraction of sp³-hybridized carbons (Fsp3) is 0.353. The molecule has 1 aromatic carbocycles. The first kappa shape index (κ1) is 15.5. The Morgan fingerprint density at radius 2 is 2.00 bits per heavy atom. The standard InChI is InChI=1S/C17H18N4OS/c18-10-12-16(23)21-14(19)13(17(12)8-4-5-9-17)15(22)20-11-6-2-1-3-7-11/h1-3,6-7,12H,4-5,8-9,19H2,(H,20,22)(H,21,23)/t12-/m0/s1. The molecule has 1 aliphatic carbocycles. The van der Waals surface area contributed by atoms with Gasteiger partial charge in [0.1, 0.15) is 11.7 Å². The highest BCUT2D eigenvalue weighted by Crippen LogP contribution is 2.52. The van der Waals surface area contributed by atoms with E-state index in [0.717, 1.165) is 25.7 Å². The van der Waals surface area contributed by atoms with Gasteiger partial charge in [-0.25, -0.2) is 0 Å². The molecule has 1 amide bonds. The number of carbonyl (C=O) groups is 1. The SMILES string of the molecule is N#C[C@H]1C(=S)NC(N)=C(C(=O)Nc2ccccc2)C12CCCC2. The quantitative estimate of drug-likeness (QED) is 0.726. The Labute approximate surface area is 140 Å². The van der Waals surface area contributed by atoms with Crippen molar-refractivity contribution in [2.24, 2.45) is 17.1 Å². The van der Waals surface area contributed by atoms with Crippen molar-refractivity contribution < 1.29 is 4.79 Å². The third-order valence-electron chi connectivity index (χ3n) is 4.72. The molecule has 1 atom stereocenters. The van der Waals surface area contributed by atoms with Crippen molar-refractivity contribution in [3.63, 3.8) is 0 Å². The Kier molecular flexibility index (Phi) is 4.05. The number of para-hydroxylation sites is 1. The molecule has 0 aromatic heterocycles. The zero-order chi connectivity index (χ0) is 16.4.